The lowest BCUT2D eigenvalue weighted by molar-refractivity contribution is -0.889. The fourth-order valence-corrected chi connectivity index (χ4v) is 5.15. The van der Waals surface area contributed by atoms with Crippen molar-refractivity contribution in [1.82, 2.24) is 0 Å². The lowest BCUT2D eigenvalue weighted by Crippen LogP contribution is -2.55. The van der Waals surface area contributed by atoms with E-state index in [0.29, 0.717) is 12.8 Å². The van der Waals surface area contributed by atoms with Crippen molar-refractivity contribution in [3.63, 3.8) is 0 Å². The molecule has 0 spiro atoms. The number of esters is 2. The molecule has 0 saturated carbocycles. The van der Waals surface area contributed by atoms with Crippen molar-refractivity contribution in [2.75, 3.05) is 41.0 Å². The van der Waals surface area contributed by atoms with Gasteiger partial charge in [-0.05, 0) is 38.5 Å². The second-order valence-electron chi connectivity index (χ2n) is 13.4. The number of ether oxygens (including phenoxy) is 3. The summed E-state index contributed by atoms with van der Waals surface area (Å²) in [6.07, 6.45) is 31.8. The predicted octanol–water partition coefficient (Wildman–Crippen LogP) is 7.79. The summed E-state index contributed by atoms with van der Waals surface area (Å²) in [5, 5.41) is 11.6. The van der Waals surface area contributed by atoms with Gasteiger partial charge in [-0.25, -0.2) is 0 Å². The second kappa shape index (κ2) is 30.9. The Labute approximate surface area is 287 Å². The van der Waals surface area contributed by atoms with Crippen molar-refractivity contribution in [2.24, 2.45) is 0 Å². The molecule has 2 atom stereocenters. The van der Waals surface area contributed by atoms with Crippen LogP contribution in [0.15, 0.2) is 36.5 Å². The van der Waals surface area contributed by atoms with Crippen LogP contribution < -0.4 is 5.11 Å². The first kappa shape index (κ1) is 44.5. The molecule has 8 heteroatoms. The molecule has 0 saturated heterocycles. The Kier molecular flexibility index (Phi) is 29.2. The van der Waals surface area contributed by atoms with E-state index in [4.69, 9.17) is 14.2 Å². The van der Waals surface area contributed by atoms with Crippen LogP contribution in [0.4, 0.5) is 0 Å². The number of hydrogen-bond donors (Lipinski definition) is 0. The summed E-state index contributed by atoms with van der Waals surface area (Å²) in [6, 6.07) is -0.731. The van der Waals surface area contributed by atoms with Crippen LogP contribution in [0, 0.1) is 0 Å². The topological polar surface area (TPSA) is 102 Å². The molecule has 0 amide bonds. The maximum absolute atomic E-state index is 12.6. The maximum atomic E-state index is 12.6. The molecule has 272 valence electrons. The number of carbonyl (C=O) groups excluding carboxylic acids is 3. The van der Waals surface area contributed by atoms with Gasteiger partial charge in [0.2, 0.25) is 0 Å². The van der Waals surface area contributed by atoms with Crippen molar-refractivity contribution in [3.8, 4) is 0 Å². The largest absolute Gasteiger partial charge is 0.544 e. The highest BCUT2D eigenvalue weighted by Crippen LogP contribution is 2.13. The highest BCUT2D eigenvalue weighted by molar-refractivity contribution is 5.70. The third kappa shape index (κ3) is 29.4. The quantitative estimate of drug-likeness (QED) is 0.0313. The van der Waals surface area contributed by atoms with Gasteiger partial charge in [0.25, 0.3) is 0 Å². The van der Waals surface area contributed by atoms with E-state index in [1.807, 2.05) is 0 Å². The van der Waals surface area contributed by atoms with Crippen LogP contribution in [-0.2, 0) is 28.6 Å². The minimum atomic E-state index is -1.13. The molecule has 0 fully saturated rings. The Morgan fingerprint density at radius 3 is 1.74 bits per heavy atom. The summed E-state index contributed by atoms with van der Waals surface area (Å²) < 4.78 is 17.0. The average molecular weight is 664 g/mol. The Bertz CT molecular complexity index is 875. The molecule has 0 aromatic carbocycles. The standard InChI is InChI=1S/C39H69NO7/c1-6-8-10-12-14-16-18-20-21-23-25-27-29-37(41)46-34-35(33-45-32-31-36(39(43)44)40(3,4)5)47-38(42)30-28-26-24-22-19-17-15-13-11-9-7-2/h9,11,15,17,22,24,35-36H,6-8,10,12-14,16,18-21,23,25-34H2,1-5H3/b11-9+,17-15+,24-22+. The maximum Gasteiger partial charge on any atom is 0.306 e. The zero-order valence-corrected chi connectivity index (χ0v) is 30.7. The van der Waals surface area contributed by atoms with Crippen molar-refractivity contribution in [2.45, 2.75) is 154 Å². The summed E-state index contributed by atoms with van der Waals surface area (Å²) in [4.78, 5) is 36.5. The SMILES string of the molecule is CC/C=C/C/C=C/C/C=C/CCCC(=O)OC(COCCC(C(=O)[O-])[N+](C)(C)C)COC(=O)CCCCCCCCCCCCCC. The van der Waals surface area contributed by atoms with Gasteiger partial charge >= 0.3 is 11.9 Å². The third-order valence-corrected chi connectivity index (χ3v) is 8.04. The van der Waals surface area contributed by atoms with Gasteiger partial charge in [-0.15, -0.1) is 0 Å². The molecular formula is C39H69NO7. The molecule has 0 aromatic heterocycles. The molecule has 47 heavy (non-hydrogen) atoms. The smallest absolute Gasteiger partial charge is 0.306 e. The number of allylic oxidation sites excluding steroid dienone is 6. The van der Waals surface area contributed by atoms with Crippen molar-refractivity contribution in [1.29, 1.82) is 0 Å². The van der Waals surface area contributed by atoms with Crippen molar-refractivity contribution < 1.29 is 38.2 Å². The number of nitrogens with zero attached hydrogens (tertiary/aromatic N) is 1. The number of carbonyl (C=O) groups is 3. The fraction of sp³-hybridized carbons (Fsp3) is 0.769. The van der Waals surface area contributed by atoms with E-state index in [9.17, 15) is 19.5 Å². The number of hydrogen-bond acceptors (Lipinski definition) is 7. The molecular weight excluding hydrogens is 594 g/mol. The monoisotopic (exact) mass is 664 g/mol. The lowest BCUT2D eigenvalue weighted by atomic mass is 10.0. The molecule has 0 aromatic rings. The Morgan fingerprint density at radius 1 is 0.660 bits per heavy atom. The average Bonchev–Trinajstić information content (AvgIpc) is 3.01. The van der Waals surface area contributed by atoms with Crippen molar-refractivity contribution in [3.05, 3.63) is 36.5 Å². The molecule has 2 unspecified atom stereocenters. The van der Waals surface area contributed by atoms with Gasteiger partial charge in [0.1, 0.15) is 12.6 Å². The third-order valence-electron chi connectivity index (χ3n) is 8.04. The molecule has 0 rings (SSSR count). The lowest BCUT2D eigenvalue weighted by Gasteiger charge is -2.34. The Hall–Kier alpha value is -2.45. The van der Waals surface area contributed by atoms with Gasteiger partial charge in [-0.1, -0.05) is 121 Å². The Balaban J connectivity index is 4.50. The minimum absolute atomic E-state index is 0.0220. The van der Waals surface area contributed by atoms with Gasteiger partial charge in [-0.3, -0.25) is 9.59 Å². The number of carboxylic acid groups (broad SMARTS) is 1. The molecule has 0 aliphatic heterocycles. The minimum Gasteiger partial charge on any atom is -0.544 e. The fourth-order valence-electron chi connectivity index (χ4n) is 5.15. The van der Waals surface area contributed by atoms with Gasteiger partial charge in [0, 0.05) is 19.3 Å². The zero-order chi connectivity index (χ0) is 35.0. The summed E-state index contributed by atoms with van der Waals surface area (Å²) in [6.45, 7) is 4.46. The predicted molar refractivity (Wildman–Crippen MR) is 190 cm³/mol. The molecule has 0 aliphatic carbocycles. The number of carboxylic acids is 1. The summed E-state index contributed by atoms with van der Waals surface area (Å²) in [5.74, 6) is -1.81. The van der Waals surface area contributed by atoms with Gasteiger partial charge in [0.05, 0.1) is 40.3 Å². The molecule has 0 heterocycles. The molecule has 0 bridgehead atoms. The van der Waals surface area contributed by atoms with E-state index in [2.05, 4.69) is 50.3 Å². The first-order valence-corrected chi connectivity index (χ1v) is 18.5. The first-order valence-electron chi connectivity index (χ1n) is 18.5. The Morgan fingerprint density at radius 2 is 1.19 bits per heavy atom. The number of rotatable bonds is 32. The normalized spacial score (nSPS) is 13.5. The van der Waals surface area contributed by atoms with E-state index in [1.54, 1.807) is 21.1 Å². The highest BCUT2D eigenvalue weighted by Gasteiger charge is 2.25. The van der Waals surface area contributed by atoms with E-state index in [1.165, 1.54) is 57.8 Å². The van der Waals surface area contributed by atoms with E-state index < -0.39 is 18.1 Å². The van der Waals surface area contributed by atoms with Gasteiger partial charge in [0.15, 0.2) is 6.10 Å². The molecule has 8 nitrogen and oxygen atoms in total. The van der Waals surface area contributed by atoms with Crippen LogP contribution in [0.1, 0.15) is 142 Å². The molecule has 0 aliphatic rings. The van der Waals surface area contributed by atoms with Crippen LogP contribution in [0.3, 0.4) is 0 Å². The first-order chi connectivity index (χ1) is 22.6. The van der Waals surface area contributed by atoms with Gasteiger partial charge in [-0.2, -0.15) is 0 Å². The summed E-state index contributed by atoms with van der Waals surface area (Å²) in [7, 11) is 5.37. The summed E-state index contributed by atoms with van der Waals surface area (Å²) >= 11 is 0. The molecule has 0 radical (unpaired) electrons. The summed E-state index contributed by atoms with van der Waals surface area (Å²) in [5.41, 5.74) is 0. The number of aliphatic carboxylic acids is 1. The highest BCUT2D eigenvalue weighted by atomic mass is 16.6. The number of quaternary nitrogens is 1. The van der Waals surface area contributed by atoms with E-state index in [0.717, 1.165) is 44.9 Å². The number of unbranched alkanes of at least 4 members (excludes halogenated alkanes) is 12. The van der Waals surface area contributed by atoms with Crippen LogP contribution in [0.25, 0.3) is 0 Å². The van der Waals surface area contributed by atoms with E-state index in [-0.39, 0.29) is 49.1 Å². The van der Waals surface area contributed by atoms with Gasteiger partial charge < -0.3 is 28.6 Å². The number of likely N-dealkylation sites (N-methyl/N-ethyl adjacent to an activating group) is 1. The molecule has 0 N–H and O–H groups in total. The second-order valence-corrected chi connectivity index (χ2v) is 13.4. The van der Waals surface area contributed by atoms with Crippen LogP contribution in [0.2, 0.25) is 0 Å². The van der Waals surface area contributed by atoms with Crippen LogP contribution >= 0.6 is 0 Å². The van der Waals surface area contributed by atoms with Crippen LogP contribution in [0.5, 0.6) is 0 Å². The van der Waals surface area contributed by atoms with Crippen molar-refractivity contribution >= 4 is 17.9 Å². The van der Waals surface area contributed by atoms with E-state index >= 15 is 0 Å². The van der Waals surface area contributed by atoms with Crippen LogP contribution in [-0.4, -0.2) is 75.5 Å². The zero-order valence-electron chi connectivity index (χ0n) is 30.7.